The molecule has 1 unspecified atom stereocenters. The highest BCUT2D eigenvalue weighted by Gasteiger charge is 2.39. The summed E-state index contributed by atoms with van der Waals surface area (Å²) in [4.78, 5) is 12.2. The first-order valence-electron chi connectivity index (χ1n) is 12.2. The SMILES string of the molecule is NCC1CCCCN1S(=O)(=O)c1ccc(-c2cccc3sc(N)nc23)c(-c2nn[nH]n2)c1S(N)(=O)=O.O=C(O)C(F)(F)F. The maximum absolute atomic E-state index is 13.9. The van der Waals surface area contributed by atoms with Gasteiger partial charge in [-0.15, -0.1) is 10.2 Å². The highest BCUT2D eigenvalue weighted by molar-refractivity contribution is 7.92. The van der Waals surface area contributed by atoms with E-state index in [1.165, 1.54) is 27.8 Å². The van der Waals surface area contributed by atoms with Gasteiger partial charge in [0.2, 0.25) is 25.9 Å². The summed E-state index contributed by atoms with van der Waals surface area (Å²) in [6.07, 6.45) is -3.06. The smallest absolute Gasteiger partial charge is 0.475 e. The molecule has 15 nitrogen and oxygen atoms in total. The first-order chi connectivity index (χ1) is 20.1. The van der Waals surface area contributed by atoms with Crippen LogP contribution in [0.15, 0.2) is 40.1 Å². The summed E-state index contributed by atoms with van der Waals surface area (Å²) in [5.74, 6) is -2.90. The number of carboxylic acid groups (broad SMARTS) is 1. The van der Waals surface area contributed by atoms with E-state index in [9.17, 15) is 30.0 Å². The molecule has 5 rings (SSSR count). The third-order valence-corrected chi connectivity index (χ3v) is 10.3. The second-order valence-corrected chi connectivity index (χ2v) is 13.5. The number of piperidine rings is 1. The Morgan fingerprint density at radius 1 is 1.14 bits per heavy atom. The second-order valence-electron chi connectivity index (χ2n) is 9.10. The number of alkyl halides is 3. The number of aromatic nitrogens is 5. The Kier molecular flexibility index (Phi) is 9.04. The van der Waals surface area contributed by atoms with Gasteiger partial charge >= 0.3 is 12.1 Å². The lowest BCUT2D eigenvalue weighted by Crippen LogP contribution is -2.47. The number of nitrogens with two attached hydrogens (primary N) is 3. The lowest BCUT2D eigenvalue weighted by molar-refractivity contribution is -0.192. The molecule has 0 radical (unpaired) electrons. The Morgan fingerprint density at radius 2 is 1.84 bits per heavy atom. The number of sulfonamides is 2. The number of nitrogens with one attached hydrogen (secondary N) is 1. The molecule has 0 amide bonds. The van der Waals surface area contributed by atoms with Crippen LogP contribution in [0.25, 0.3) is 32.7 Å². The minimum absolute atomic E-state index is 0.104. The van der Waals surface area contributed by atoms with Crippen molar-refractivity contribution in [3.63, 3.8) is 0 Å². The van der Waals surface area contributed by atoms with Gasteiger partial charge in [-0.2, -0.15) is 22.7 Å². The number of nitrogens with zero attached hydrogens (tertiary/aromatic N) is 5. The van der Waals surface area contributed by atoms with Gasteiger partial charge in [-0.3, -0.25) is 0 Å². The summed E-state index contributed by atoms with van der Waals surface area (Å²) in [6.45, 7) is 0.317. The second kappa shape index (κ2) is 12.1. The summed E-state index contributed by atoms with van der Waals surface area (Å²) in [5.41, 5.74) is 13.0. The number of nitrogen functional groups attached to an aromatic ring is 1. The number of primary sulfonamides is 1. The Morgan fingerprint density at radius 3 is 2.42 bits per heavy atom. The number of aliphatic carboxylic acids is 1. The number of carbonyl (C=O) groups is 1. The van der Waals surface area contributed by atoms with Crippen LogP contribution < -0.4 is 16.6 Å². The summed E-state index contributed by atoms with van der Waals surface area (Å²) in [5, 5.41) is 26.9. The minimum atomic E-state index is -5.08. The summed E-state index contributed by atoms with van der Waals surface area (Å²) in [7, 11) is -8.93. The van der Waals surface area contributed by atoms with Gasteiger partial charge in [-0.25, -0.2) is 31.8 Å². The first kappa shape index (κ1) is 32.2. The largest absolute Gasteiger partial charge is 0.490 e. The quantitative estimate of drug-likeness (QED) is 0.197. The fourth-order valence-electron chi connectivity index (χ4n) is 4.60. The van der Waals surface area contributed by atoms with Crippen LogP contribution in [0.3, 0.4) is 0 Å². The van der Waals surface area contributed by atoms with Gasteiger partial charge in [0.1, 0.15) is 9.79 Å². The zero-order valence-electron chi connectivity index (χ0n) is 21.8. The minimum Gasteiger partial charge on any atom is -0.475 e. The van der Waals surface area contributed by atoms with E-state index in [2.05, 4.69) is 25.6 Å². The number of hydrogen-bond acceptors (Lipinski definition) is 12. The number of carboxylic acids is 1. The molecule has 1 saturated heterocycles. The molecular formula is C22H24F3N9O6S3. The van der Waals surface area contributed by atoms with Crippen molar-refractivity contribution in [1.29, 1.82) is 0 Å². The normalized spacial score (nSPS) is 16.5. The van der Waals surface area contributed by atoms with Gasteiger partial charge in [0.25, 0.3) is 0 Å². The molecule has 3 heterocycles. The highest BCUT2D eigenvalue weighted by Crippen LogP contribution is 2.43. The average molecular weight is 664 g/mol. The van der Waals surface area contributed by atoms with E-state index < -0.39 is 48.0 Å². The zero-order valence-corrected chi connectivity index (χ0v) is 24.3. The van der Waals surface area contributed by atoms with Crippen LogP contribution in [0.4, 0.5) is 18.3 Å². The van der Waals surface area contributed by atoms with Gasteiger partial charge in [0.15, 0.2) is 5.13 Å². The molecule has 4 aromatic rings. The van der Waals surface area contributed by atoms with Crippen LogP contribution in [0.2, 0.25) is 0 Å². The van der Waals surface area contributed by atoms with E-state index in [0.717, 1.165) is 11.1 Å². The molecule has 232 valence electrons. The van der Waals surface area contributed by atoms with Crippen LogP contribution >= 0.6 is 11.3 Å². The van der Waals surface area contributed by atoms with E-state index in [4.69, 9.17) is 26.5 Å². The van der Waals surface area contributed by atoms with Crippen molar-refractivity contribution in [2.45, 2.75) is 41.3 Å². The monoisotopic (exact) mass is 663 g/mol. The fourth-order valence-corrected chi connectivity index (χ4v) is 8.64. The van der Waals surface area contributed by atoms with Crippen LogP contribution in [0.5, 0.6) is 0 Å². The number of fused-ring (bicyclic) bond motifs is 1. The van der Waals surface area contributed by atoms with E-state index in [0.29, 0.717) is 34.6 Å². The number of thiazole rings is 1. The predicted molar refractivity (Wildman–Crippen MR) is 148 cm³/mol. The van der Waals surface area contributed by atoms with Gasteiger partial charge in [-0.1, -0.05) is 36.0 Å². The Balaban J connectivity index is 0.000000541. The Labute approximate surface area is 246 Å². The third kappa shape index (κ3) is 6.60. The maximum atomic E-state index is 13.9. The van der Waals surface area contributed by atoms with Crippen LogP contribution in [-0.4, -0.2) is 83.1 Å². The standard InChI is InChI=1S/C20H23N9O4S3.C2HF3O2/c21-10-11-4-1-2-9-29(11)36(32,33)15-8-7-12(13-5-3-6-14-17(13)24-20(22)34-14)16(18(15)35(23,30)31)19-25-27-28-26-19;3-2(4,5)1(6)7/h3,5-8,11H,1-2,4,9-10,21H2,(H2,22,24)(H2,23,30,31)(H,25,26,27,28);(H,6,7). The van der Waals surface area contributed by atoms with Crippen molar-refractivity contribution >= 4 is 52.7 Å². The van der Waals surface area contributed by atoms with E-state index in [1.807, 2.05) is 6.07 Å². The van der Waals surface area contributed by atoms with Crippen LogP contribution in [0, 0.1) is 0 Å². The number of benzene rings is 2. The molecule has 1 fully saturated rings. The van der Waals surface area contributed by atoms with Crippen molar-refractivity contribution in [2.75, 3.05) is 18.8 Å². The molecule has 8 N–H and O–H groups in total. The molecule has 21 heteroatoms. The number of H-pyrrole nitrogens is 1. The molecule has 43 heavy (non-hydrogen) atoms. The molecule has 1 aliphatic rings. The molecular weight excluding hydrogens is 639 g/mol. The van der Waals surface area contributed by atoms with Crippen molar-refractivity contribution in [1.82, 2.24) is 29.9 Å². The third-order valence-electron chi connectivity index (χ3n) is 6.38. The number of hydrogen-bond donors (Lipinski definition) is 5. The first-order valence-corrected chi connectivity index (χ1v) is 16.0. The van der Waals surface area contributed by atoms with E-state index in [1.54, 1.807) is 12.1 Å². The highest BCUT2D eigenvalue weighted by atomic mass is 32.2. The molecule has 0 aliphatic carbocycles. The summed E-state index contributed by atoms with van der Waals surface area (Å²) in [6, 6.07) is 7.58. The fraction of sp³-hybridized carbons (Fsp3) is 0.318. The van der Waals surface area contributed by atoms with Gasteiger partial charge in [-0.05, 0) is 35.8 Å². The van der Waals surface area contributed by atoms with Crippen LogP contribution in [-0.2, 0) is 24.8 Å². The van der Waals surface area contributed by atoms with Crippen molar-refractivity contribution in [3.8, 4) is 22.5 Å². The maximum Gasteiger partial charge on any atom is 0.490 e. The zero-order chi connectivity index (χ0) is 31.7. The number of tetrazole rings is 1. The number of aromatic amines is 1. The lowest BCUT2D eigenvalue weighted by atomic mass is 9.98. The van der Waals surface area contributed by atoms with E-state index in [-0.39, 0.29) is 24.5 Å². The topological polar surface area (TPSA) is 254 Å². The van der Waals surface area contributed by atoms with Gasteiger partial charge < -0.3 is 16.6 Å². The van der Waals surface area contributed by atoms with Gasteiger partial charge in [0, 0.05) is 24.7 Å². The number of anilines is 1. The molecule has 2 aromatic heterocycles. The summed E-state index contributed by atoms with van der Waals surface area (Å²) >= 11 is 1.26. The lowest BCUT2D eigenvalue weighted by Gasteiger charge is -2.34. The molecule has 1 aliphatic heterocycles. The van der Waals surface area contributed by atoms with Crippen molar-refractivity contribution in [3.05, 3.63) is 30.3 Å². The molecule has 0 spiro atoms. The Hall–Kier alpha value is -3.76. The summed E-state index contributed by atoms with van der Waals surface area (Å²) < 4.78 is 87.6. The van der Waals surface area contributed by atoms with Crippen molar-refractivity contribution < 1.29 is 39.9 Å². The van der Waals surface area contributed by atoms with E-state index >= 15 is 0 Å². The average Bonchev–Trinajstić information content (AvgIpc) is 3.60. The Bertz CT molecular complexity index is 1860. The number of para-hydroxylation sites is 1. The number of rotatable bonds is 6. The molecule has 0 saturated carbocycles. The van der Waals surface area contributed by atoms with Crippen molar-refractivity contribution in [2.24, 2.45) is 10.9 Å². The predicted octanol–water partition coefficient (Wildman–Crippen LogP) is 1.51. The van der Waals surface area contributed by atoms with Crippen LogP contribution in [0.1, 0.15) is 19.3 Å². The molecule has 0 bridgehead atoms. The van der Waals surface area contributed by atoms with Gasteiger partial charge in [0.05, 0.1) is 15.8 Å². The molecule has 2 aromatic carbocycles. The molecule has 1 atom stereocenters. The number of halogens is 3.